The van der Waals surface area contributed by atoms with E-state index in [2.05, 4.69) is 10.6 Å². The third kappa shape index (κ3) is 4.17. The van der Waals surface area contributed by atoms with Crippen molar-refractivity contribution in [1.29, 1.82) is 5.26 Å². The van der Waals surface area contributed by atoms with E-state index in [1.165, 1.54) is 6.20 Å². The van der Waals surface area contributed by atoms with Crippen LogP contribution in [0.2, 0.25) is 5.02 Å². The summed E-state index contributed by atoms with van der Waals surface area (Å²) in [5.41, 5.74) is 1.29. The van der Waals surface area contributed by atoms with Crippen LogP contribution in [0.25, 0.3) is 10.8 Å². The lowest BCUT2D eigenvalue weighted by Gasteiger charge is -2.06. The molecule has 122 valence electrons. The second-order valence-electron chi connectivity index (χ2n) is 5.34. The Labute approximate surface area is 150 Å². The van der Waals surface area contributed by atoms with Crippen LogP contribution >= 0.6 is 11.6 Å². The van der Waals surface area contributed by atoms with Crippen LogP contribution in [0.1, 0.15) is 0 Å². The number of halogens is 1. The maximum Gasteiger partial charge on any atom is 0.267 e. The van der Waals surface area contributed by atoms with E-state index < -0.39 is 5.91 Å². The van der Waals surface area contributed by atoms with Gasteiger partial charge in [-0.3, -0.25) is 4.79 Å². The van der Waals surface area contributed by atoms with Crippen LogP contribution in [0.3, 0.4) is 0 Å². The average molecular weight is 348 g/mol. The van der Waals surface area contributed by atoms with Gasteiger partial charge in [0.05, 0.1) is 0 Å². The Balaban J connectivity index is 1.75. The lowest BCUT2D eigenvalue weighted by Crippen LogP contribution is -2.14. The minimum atomic E-state index is -0.502. The molecule has 0 spiro atoms. The summed E-state index contributed by atoms with van der Waals surface area (Å²) in [6, 6.07) is 22.4. The Bertz CT molecular complexity index is 1000. The molecule has 0 atom stereocenters. The van der Waals surface area contributed by atoms with Crippen molar-refractivity contribution in [2.24, 2.45) is 0 Å². The Morgan fingerprint density at radius 1 is 0.960 bits per heavy atom. The molecule has 3 rings (SSSR count). The summed E-state index contributed by atoms with van der Waals surface area (Å²) in [4.78, 5) is 12.2. The van der Waals surface area contributed by atoms with Crippen LogP contribution in [0.15, 0.2) is 78.5 Å². The predicted molar refractivity (Wildman–Crippen MR) is 101 cm³/mol. The minimum absolute atomic E-state index is 0.0341. The molecule has 0 unspecified atom stereocenters. The second-order valence-corrected chi connectivity index (χ2v) is 5.78. The first-order valence-electron chi connectivity index (χ1n) is 7.58. The number of nitrogens with one attached hydrogen (secondary N) is 2. The number of carbonyl (C=O) groups excluding carboxylic acids is 1. The number of amides is 1. The quantitative estimate of drug-likeness (QED) is 0.518. The van der Waals surface area contributed by atoms with E-state index in [-0.39, 0.29) is 5.57 Å². The fourth-order valence-electron chi connectivity index (χ4n) is 2.35. The molecule has 0 aromatic heterocycles. The number of nitrogens with zero attached hydrogens (tertiary/aromatic N) is 1. The molecular weight excluding hydrogens is 334 g/mol. The van der Waals surface area contributed by atoms with Gasteiger partial charge in [-0.25, -0.2) is 0 Å². The lowest BCUT2D eigenvalue weighted by atomic mass is 10.1. The maximum absolute atomic E-state index is 12.2. The van der Waals surface area contributed by atoms with Crippen molar-refractivity contribution < 1.29 is 4.79 Å². The van der Waals surface area contributed by atoms with Gasteiger partial charge >= 0.3 is 0 Å². The van der Waals surface area contributed by atoms with Crippen molar-refractivity contribution in [1.82, 2.24) is 0 Å². The molecule has 0 bridgehead atoms. The van der Waals surface area contributed by atoms with Gasteiger partial charge in [-0.05, 0) is 41.1 Å². The van der Waals surface area contributed by atoms with Crippen LogP contribution < -0.4 is 10.6 Å². The SMILES string of the molecule is N#C/C(=C/Nc1ccc2ccccc2c1)C(=O)Nc1cccc(Cl)c1. The number of rotatable bonds is 4. The molecule has 25 heavy (non-hydrogen) atoms. The van der Waals surface area contributed by atoms with E-state index in [0.29, 0.717) is 10.7 Å². The topological polar surface area (TPSA) is 64.9 Å². The summed E-state index contributed by atoms with van der Waals surface area (Å²) in [7, 11) is 0. The molecule has 3 aromatic carbocycles. The van der Waals surface area contributed by atoms with Gasteiger partial charge in [-0.15, -0.1) is 0 Å². The Kier molecular flexibility index (Phi) is 4.98. The first-order chi connectivity index (χ1) is 12.2. The number of hydrogen-bond donors (Lipinski definition) is 2. The second kappa shape index (κ2) is 7.52. The summed E-state index contributed by atoms with van der Waals surface area (Å²) in [6.07, 6.45) is 1.39. The van der Waals surface area contributed by atoms with E-state index in [4.69, 9.17) is 11.6 Å². The number of hydrogen-bond acceptors (Lipinski definition) is 3. The van der Waals surface area contributed by atoms with Crippen LogP contribution in [-0.4, -0.2) is 5.91 Å². The van der Waals surface area contributed by atoms with Crippen LogP contribution in [0, 0.1) is 11.3 Å². The van der Waals surface area contributed by atoms with Gasteiger partial charge in [0.25, 0.3) is 5.91 Å². The minimum Gasteiger partial charge on any atom is -0.360 e. The number of nitriles is 1. The summed E-state index contributed by atoms with van der Waals surface area (Å²) < 4.78 is 0. The fourth-order valence-corrected chi connectivity index (χ4v) is 2.54. The zero-order chi connectivity index (χ0) is 17.6. The highest BCUT2D eigenvalue weighted by atomic mass is 35.5. The van der Waals surface area contributed by atoms with E-state index in [0.717, 1.165) is 16.5 Å². The molecule has 2 N–H and O–H groups in total. The zero-order valence-corrected chi connectivity index (χ0v) is 13.9. The van der Waals surface area contributed by atoms with Gasteiger partial charge in [0, 0.05) is 22.6 Å². The molecule has 0 radical (unpaired) electrons. The first-order valence-corrected chi connectivity index (χ1v) is 7.96. The molecule has 0 aliphatic carbocycles. The predicted octanol–water partition coefficient (Wildman–Crippen LogP) is 4.95. The summed E-state index contributed by atoms with van der Waals surface area (Å²) in [5, 5.41) is 17.6. The largest absolute Gasteiger partial charge is 0.360 e. The average Bonchev–Trinajstić information content (AvgIpc) is 2.62. The van der Waals surface area contributed by atoms with E-state index in [1.807, 2.05) is 48.5 Å². The van der Waals surface area contributed by atoms with Crippen molar-refractivity contribution in [2.75, 3.05) is 10.6 Å². The third-order valence-corrected chi connectivity index (χ3v) is 3.82. The highest BCUT2D eigenvalue weighted by Crippen LogP contribution is 2.19. The summed E-state index contributed by atoms with van der Waals surface area (Å²) in [5.74, 6) is -0.502. The van der Waals surface area contributed by atoms with Crippen molar-refractivity contribution in [3.8, 4) is 6.07 Å². The van der Waals surface area contributed by atoms with Gasteiger partial charge in [0.1, 0.15) is 11.6 Å². The molecule has 0 saturated heterocycles. The third-order valence-electron chi connectivity index (χ3n) is 3.58. The summed E-state index contributed by atoms with van der Waals surface area (Å²) >= 11 is 5.89. The van der Waals surface area contributed by atoms with Crippen LogP contribution in [0.4, 0.5) is 11.4 Å². The molecular formula is C20H14ClN3O. The first kappa shape index (κ1) is 16.6. The van der Waals surface area contributed by atoms with Gasteiger partial charge in [-0.1, -0.05) is 48.0 Å². The lowest BCUT2D eigenvalue weighted by molar-refractivity contribution is -0.112. The molecule has 0 heterocycles. The van der Waals surface area contributed by atoms with Gasteiger partial charge in [-0.2, -0.15) is 5.26 Å². The molecule has 0 fully saturated rings. The Hall–Kier alpha value is -3.29. The van der Waals surface area contributed by atoms with Gasteiger partial charge < -0.3 is 10.6 Å². The van der Waals surface area contributed by atoms with Crippen LogP contribution in [-0.2, 0) is 4.79 Å². The highest BCUT2D eigenvalue weighted by Gasteiger charge is 2.09. The van der Waals surface area contributed by atoms with E-state index in [9.17, 15) is 10.1 Å². The Morgan fingerprint density at radius 3 is 2.52 bits per heavy atom. The standard InChI is InChI=1S/C20H14ClN3O/c21-17-6-3-7-19(11-17)24-20(25)16(12-22)13-23-18-9-8-14-4-1-2-5-15(14)10-18/h1-11,13,23H,(H,24,25)/b16-13-. The smallest absolute Gasteiger partial charge is 0.267 e. The highest BCUT2D eigenvalue weighted by molar-refractivity contribution is 6.31. The summed E-state index contributed by atoms with van der Waals surface area (Å²) in [6.45, 7) is 0. The van der Waals surface area contributed by atoms with Crippen molar-refractivity contribution in [2.45, 2.75) is 0 Å². The maximum atomic E-state index is 12.2. The molecule has 5 heteroatoms. The van der Waals surface area contributed by atoms with Crippen molar-refractivity contribution in [3.63, 3.8) is 0 Å². The number of benzene rings is 3. The zero-order valence-electron chi connectivity index (χ0n) is 13.2. The molecule has 3 aromatic rings. The van der Waals surface area contributed by atoms with Crippen molar-refractivity contribution in [3.05, 3.63) is 83.5 Å². The van der Waals surface area contributed by atoms with E-state index in [1.54, 1.807) is 24.3 Å². The Morgan fingerprint density at radius 2 is 1.76 bits per heavy atom. The molecule has 4 nitrogen and oxygen atoms in total. The normalized spacial score (nSPS) is 11.0. The van der Waals surface area contributed by atoms with Crippen molar-refractivity contribution >= 4 is 39.7 Å². The number of fused-ring (bicyclic) bond motifs is 1. The number of carbonyl (C=O) groups is 1. The van der Waals surface area contributed by atoms with E-state index >= 15 is 0 Å². The molecule has 0 saturated carbocycles. The van der Waals surface area contributed by atoms with Gasteiger partial charge in [0.2, 0.25) is 0 Å². The number of anilines is 2. The monoisotopic (exact) mass is 347 g/mol. The fraction of sp³-hybridized carbons (Fsp3) is 0. The molecule has 1 amide bonds. The van der Waals surface area contributed by atoms with Gasteiger partial charge in [0.15, 0.2) is 0 Å². The molecule has 0 aliphatic rings. The van der Waals surface area contributed by atoms with Crippen LogP contribution in [0.5, 0.6) is 0 Å². The molecule has 0 aliphatic heterocycles.